The van der Waals surface area contributed by atoms with Crippen LogP contribution in [0, 0.1) is 0 Å². The highest BCUT2D eigenvalue weighted by Crippen LogP contribution is 2.49. The fourth-order valence-electron chi connectivity index (χ4n) is 1.94. The van der Waals surface area contributed by atoms with E-state index in [2.05, 4.69) is 0 Å². The molecule has 4 heteroatoms. The lowest BCUT2D eigenvalue weighted by molar-refractivity contribution is 0.368. The summed E-state index contributed by atoms with van der Waals surface area (Å²) >= 11 is 0. The Morgan fingerprint density at radius 3 is 1.88 bits per heavy atom. The molecule has 16 heavy (non-hydrogen) atoms. The van der Waals surface area contributed by atoms with Crippen molar-refractivity contribution in [1.29, 1.82) is 0 Å². The number of benzene rings is 1. The van der Waals surface area contributed by atoms with Gasteiger partial charge in [-0.2, -0.15) is 0 Å². The van der Waals surface area contributed by atoms with Crippen molar-refractivity contribution >= 4 is 0 Å². The molecule has 88 valence electrons. The predicted octanol–water partition coefficient (Wildman–Crippen LogP) is 1.53. The summed E-state index contributed by atoms with van der Waals surface area (Å²) in [4.78, 5) is 0. The molecule has 1 aliphatic rings. The summed E-state index contributed by atoms with van der Waals surface area (Å²) in [6, 6.07) is 3.95. The molecular formula is C12H17NO3. The Labute approximate surface area is 95.3 Å². The van der Waals surface area contributed by atoms with Gasteiger partial charge in [0.1, 0.15) is 17.2 Å². The van der Waals surface area contributed by atoms with Gasteiger partial charge in [0.15, 0.2) is 0 Å². The van der Waals surface area contributed by atoms with E-state index in [9.17, 15) is 0 Å². The Bertz CT molecular complexity index is 367. The third kappa shape index (κ3) is 1.80. The molecule has 1 aromatic carbocycles. The summed E-state index contributed by atoms with van der Waals surface area (Å²) in [6.45, 7) is 0. The number of methoxy groups -OCH3 is 3. The zero-order valence-electron chi connectivity index (χ0n) is 9.82. The second-order valence-corrected chi connectivity index (χ2v) is 3.95. The van der Waals surface area contributed by atoms with Crippen LogP contribution in [-0.2, 0) is 0 Å². The molecule has 1 saturated carbocycles. The van der Waals surface area contributed by atoms with Crippen molar-refractivity contribution in [2.75, 3.05) is 21.3 Å². The first-order valence-electron chi connectivity index (χ1n) is 5.26. The van der Waals surface area contributed by atoms with Crippen LogP contribution in [0.25, 0.3) is 0 Å². The number of hydrogen-bond acceptors (Lipinski definition) is 4. The molecule has 0 aliphatic heterocycles. The van der Waals surface area contributed by atoms with E-state index in [0.29, 0.717) is 5.92 Å². The van der Waals surface area contributed by atoms with Crippen LogP contribution in [0.15, 0.2) is 12.1 Å². The zero-order valence-corrected chi connectivity index (χ0v) is 9.82. The maximum atomic E-state index is 5.87. The molecule has 0 aromatic heterocycles. The average Bonchev–Trinajstić information content (AvgIpc) is 3.03. The monoisotopic (exact) mass is 223 g/mol. The van der Waals surface area contributed by atoms with Gasteiger partial charge in [-0.3, -0.25) is 0 Å². The quantitative estimate of drug-likeness (QED) is 0.841. The molecule has 1 aliphatic carbocycles. The third-order valence-corrected chi connectivity index (χ3v) is 2.96. The summed E-state index contributed by atoms with van der Waals surface area (Å²) in [5, 5.41) is 0. The van der Waals surface area contributed by atoms with Gasteiger partial charge in [-0.1, -0.05) is 0 Å². The predicted molar refractivity (Wildman–Crippen MR) is 61.4 cm³/mol. The number of rotatable bonds is 4. The van der Waals surface area contributed by atoms with Gasteiger partial charge in [0.05, 0.1) is 21.3 Å². The highest BCUT2D eigenvalue weighted by atomic mass is 16.5. The molecule has 0 bridgehead atoms. The fraction of sp³-hybridized carbons (Fsp3) is 0.500. The maximum absolute atomic E-state index is 5.87. The van der Waals surface area contributed by atoms with Crippen molar-refractivity contribution in [2.45, 2.75) is 18.4 Å². The van der Waals surface area contributed by atoms with Gasteiger partial charge >= 0.3 is 0 Å². The first-order chi connectivity index (χ1) is 7.71. The lowest BCUT2D eigenvalue weighted by Gasteiger charge is -2.14. The molecule has 0 heterocycles. The minimum absolute atomic E-state index is 0.219. The van der Waals surface area contributed by atoms with Gasteiger partial charge in [0.25, 0.3) is 0 Å². The van der Waals surface area contributed by atoms with Crippen LogP contribution in [-0.4, -0.2) is 27.4 Å². The van der Waals surface area contributed by atoms with E-state index in [1.165, 1.54) is 0 Å². The lowest BCUT2D eigenvalue weighted by atomic mass is 10.1. The fourth-order valence-corrected chi connectivity index (χ4v) is 1.94. The summed E-state index contributed by atoms with van der Waals surface area (Å²) in [5.41, 5.74) is 6.93. The lowest BCUT2D eigenvalue weighted by Crippen LogP contribution is -2.04. The molecule has 2 rings (SSSR count). The van der Waals surface area contributed by atoms with Crippen molar-refractivity contribution in [3.63, 3.8) is 0 Å². The minimum atomic E-state index is 0.219. The van der Waals surface area contributed by atoms with Crippen LogP contribution in [0.4, 0.5) is 0 Å². The van der Waals surface area contributed by atoms with E-state index in [-0.39, 0.29) is 6.04 Å². The molecule has 2 N–H and O–H groups in total. The summed E-state index contributed by atoms with van der Waals surface area (Å²) in [7, 11) is 4.91. The van der Waals surface area contributed by atoms with Crippen molar-refractivity contribution in [3.8, 4) is 17.2 Å². The van der Waals surface area contributed by atoms with Crippen molar-refractivity contribution in [1.82, 2.24) is 0 Å². The first kappa shape index (κ1) is 11.1. The largest absolute Gasteiger partial charge is 0.496 e. The number of nitrogens with two attached hydrogens (primary N) is 1. The van der Waals surface area contributed by atoms with Crippen LogP contribution in [0.1, 0.15) is 17.9 Å². The molecule has 4 nitrogen and oxygen atoms in total. The van der Waals surface area contributed by atoms with Gasteiger partial charge < -0.3 is 19.9 Å². The Morgan fingerprint density at radius 2 is 1.56 bits per heavy atom. The second-order valence-electron chi connectivity index (χ2n) is 3.95. The molecular weight excluding hydrogens is 206 g/mol. The average molecular weight is 223 g/mol. The summed E-state index contributed by atoms with van der Waals surface area (Å²) < 4.78 is 15.9. The van der Waals surface area contributed by atoms with Crippen LogP contribution in [0.3, 0.4) is 0 Å². The molecule has 1 fully saturated rings. The Morgan fingerprint density at radius 1 is 1.06 bits per heavy atom. The van der Waals surface area contributed by atoms with Crippen molar-refractivity contribution in [3.05, 3.63) is 17.7 Å². The summed E-state index contributed by atoms with van der Waals surface area (Å²) in [6.07, 6.45) is 0.985. The van der Waals surface area contributed by atoms with Gasteiger partial charge in [0.2, 0.25) is 0 Å². The SMILES string of the molecule is COc1cc(OC)c([C@@H]2C[C@@H]2N)c(OC)c1. The molecule has 0 saturated heterocycles. The second kappa shape index (κ2) is 4.22. The molecule has 2 atom stereocenters. The molecule has 0 amide bonds. The smallest absolute Gasteiger partial charge is 0.129 e. The van der Waals surface area contributed by atoms with Gasteiger partial charge in [-0.15, -0.1) is 0 Å². The zero-order chi connectivity index (χ0) is 11.7. The highest BCUT2D eigenvalue weighted by Gasteiger charge is 2.39. The van der Waals surface area contributed by atoms with Gasteiger partial charge in [-0.25, -0.2) is 0 Å². The van der Waals surface area contributed by atoms with Crippen LogP contribution >= 0.6 is 0 Å². The molecule has 0 radical (unpaired) electrons. The van der Waals surface area contributed by atoms with Gasteiger partial charge in [-0.05, 0) is 6.42 Å². The molecule has 1 aromatic rings. The molecule has 0 spiro atoms. The Balaban J connectivity index is 2.46. The van der Waals surface area contributed by atoms with E-state index in [0.717, 1.165) is 29.2 Å². The number of ether oxygens (including phenoxy) is 3. The highest BCUT2D eigenvalue weighted by molar-refractivity contribution is 5.54. The summed E-state index contributed by atoms with van der Waals surface area (Å²) in [5.74, 6) is 2.64. The van der Waals surface area contributed by atoms with E-state index in [4.69, 9.17) is 19.9 Å². The molecule has 0 unspecified atom stereocenters. The first-order valence-corrected chi connectivity index (χ1v) is 5.26. The van der Waals surface area contributed by atoms with Crippen molar-refractivity contribution in [2.24, 2.45) is 5.73 Å². The Hall–Kier alpha value is -1.42. The standard InChI is InChI=1S/C12H17NO3/c1-14-7-4-10(15-2)12(8-6-9(8)13)11(5-7)16-3/h4-5,8-9H,6,13H2,1-3H3/t8-,9+/m1/s1. The van der Waals surface area contributed by atoms with E-state index in [1.807, 2.05) is 12.1 Å². The topological polar surface area (TPSA) is 53.7 Å². The third-order valence-electron chi connectivity index (χ3n) is 2.96. The van der Waals surface area contributed by atoms with Gasteiger partial charge in [0, 0.05) is 29.7 Å². The van der Waals surface area contributed by atoms with E-state index in [1.54, 1.807) is 21.3 Å². The minimum Gasteiger partial charge on any atom is -0.496 e. The maximum Gasteiger partial charge on any atom is 0.129 e. The van der Waals surface area contributed by atoms with Crippen LogP contribution in [0.2, 0.25) is 0 Å². The normalized spacial score (nSPS) is 22.8. The van der Waals surface area contributed by atoms with Crippen LogP contribution < -0.4 is 19.9 Å². The van der Waals surface area contributed by atoms with Crippen LogP contribution in [0.5, 0.6) is 17.2 Å². The number of hydrogen-bond donors (Lipinski definition) is 1. The Kier molecular flexibility index (Phi) is 2.92. The van der Waals surface area contributed by atoms with Crippen molar-refractivity contribution < 1.29 is 14.2 Å². The van der Waals surface area contributed by atoms with E-state index < -0.39 is 0 Å². The van der Waals surface area contributed by atoms with E-state index >= 15 is 0 Å².